The molecule has 0 unspecified atom stereocenters. The van der Waals surface area contributed by atoms with Crippen LogP contribution in [0.25, 0.3) is 12.3 Å². The van der Waals surface area contributed by atoms with Gasteiger partial charge in [0.25, 0.3) is 1.43 Å². The number of benzene rings is 1. The van der Waals surface area contributed by atoms with E-state index in [1.807, 2.05) is 0 Å². The lowest BCUT2D eigenvalue weighted by Crippen LogP contribution is -2.09. The molecule has 5 heteroatoms. The zero-order valence-electron chi connectivity index (χ0n) is 9.14. The molecule has 2 rings (SSSR count). The highest BCUT2D eigenvalue weighted by atomic mass is 35.5. The van der Waals surface area contributed by atoms with Gasteiger partial charge >= 0.3 is 5.97 Å². The zero-order chi connectivity index (χ0) is 12.3. The van der Waals surface area contributed by atoms with E-state index in [4.69, 9.17) is 17.8 Å². The number of pyridine rings is 1. The first-order chi connectivity index (χ1) is 8.22. The van der Waals surface area contributed by atoms with E-state index < -0.39 is 5.97 Å². The van der Waals surface area contributed by atoms with Gasteiger partial charge < -0.3 is 9.85 Å². The summed E-state index contributed by atoms with van der Waals surface area (Å²) in [6, 6.07) is 6.85. The Bertz CT molecular complexity index is 561. The topological polar surface area (TPSA) is 59.4 Å². The second kappa shape index (κ2) is 4.37. The molecule has 0 saturated heterocycles. The molecule has 1 aromatic heterocycles. The van der Waals surface area contributed by atoms with Gasteiger partial charge in [0.1, 0.15) is 11.3 Å². The molecule has 0 aliphatic rings. The second-order valence-electron chi connectivity index (χ2n) is 3.11. The maximum Gasteiger partial charge on any atom is 0.341 e. The van der Waals surface area contributed by atoms with Crippen molar-refractivity contribution < 1.29 is 14.6 Å². The standard InChI is InChI=1S/C11H8ClNO3/c12-8-3-4-9(16-6-10(14)15)11-7(8)2-1-5-13-11/h1-5H,6H2,(H,14,15)/i/hD. The first-order valence-corrected chi connectivity index (χ1v) is 4.92. The third kappa shape index (κ3) is 2.06. The molecule has 1 aromatic carbocycles. The second-order valence-corrected chi connectivity index (χ2v) is 3.51. The summed E-state index contributed by atoms with van der Waals surface area (Å²) in [4.78, 5) is 14.9. The Balaban J connectivity index is 2.35. The lowest BCUT2D eigenvalue weighted by Gasteiger charge is -2.07. The molecule has 0 spiro atoms. The first kappa shape index (κ1) is 9.42. The van der Waals surface area contributed by atoms with E-state index in [1.165, 1.54) is 0 Å². The maximum atomic E-state index is 10.8. The number of halogens is 1. The van der Waals surface area contributed by atoms with Gasteiger partial charge in [0.05, 0.1) is 5.02 Å². The fourth-order valence-corrected chi connectivity index (χ4v) is 1.58. The molecule has 16 heavy (non-hydrogen) atoms. The summed E-state index contributed by atoms with van der Waals surface area (Å²) in [7, 11) is 0. The number of hydrogen-bond acceptors (Lipinski definition) is 4. The highest BCUT2D eigenvalue weighted by Crippen LogP contribution is 2.29. The molecular weight excluding hydrogens is 230 g/mol. The summed E-state index contributed by atoms with van der Waals surface area (Å²) in [5, 5.41) is 5.05. The van der Waals surface area contributed by atoms with Crippen LogP contribution >= 0.6 is 11.6 Å². The fraction of sp³-hybridized carbons (Fsp3) is 0.0909. The summed E-state index contributed by atoms with van der Waals surface area (Å²) in [5.74, 6) is -0.348. The number of rotatable bonds is 3. The molecule has 0 aliphatic carbocycles. The van der Waals surface area contributed by atoms with Gasteiger partial charge in [-0.25, -0.2) is 4.79 Å². The van der Waals surface area contributed by atoms with Crippen molar-refractivity contribution in [2.24, 2.45) is 0 Å². The number of aliphatic carboxylic acids is 1. The van der Waals surface area contributed by atoms with Crippen LogP contribution in [0.5, 0.6) is 5.75 Å². The van der Waals surface area contributed by atoms with Crippen LogP contribution in [0.4, 0.5) is 0 Å². The van der Waals surface area contributed by atoms with Gasteiger partial charge in [0.15, 0.2) is 6.61 Å². The molecule has 0 saturated carbocycles. The van der Waals surface area contributed by atoms with Crippen LogP contribution < -0.4 is 4.74 Å². The van der Waals surface area contributed by atoms with Crippen molar-refractivity contribution in [3.63, 3.8) is 0 Å². The predicted octanol–water partition coefficient (Wildman–Crippen LogP) is 2.35. The minimum absolute atomic E-state index is 0.337. The average molecular weight is 239 g/mol. The van der Waals surface area contributed by atoms with E-state index in [2.05, 4.69) is 10.1 Å². The maximum absolute atomic E-state index is 10.8. The number of carbonyl (C=O) groups is 1. The van der Waals surface area contributed by atoms with E-state index in [1.54, 1.807) is 30.5 Å². The van der Waals surface area contributed by atoms with Crippen LogP contribution in [0.2, 0.25) is 5.02 Å². The Hall–Kier alpha value is -1.81. The SMILES string of the molecule is [2H]OC(=O)COc1ccc(Cl)c2cccnc12. The molecule has 0 amide bonds. The molecule has 0 aliphatic heterocycles. The van der Waals surface area contributed by atoms with Crippen molar-refractivity contribution in [1.29, 1.82) is 1.43 Å². The minimum atomic E-state index is -0.774. The van der Waals surface area contributed by atoms with Crippen LogP contribution in [0, 0.1) is 0 Å². The van der Waals surface area contributed by atoms with Crippen molar-refractivity contribution in [3.05, 3.63) is 35.5 Å². The summed E-state index contributed by atoms with van der Waals surface area (Å²) >= 11 is 6.00. The van der Waals surface area contributed by atoms with Crippen molar-refractivity contribution in [1.82, 2.24) is 4.98 Å². The lowest BCUT2D eigenvalue weighted by atomic mass is 10.2. The van der Waals surface area contributed by atoms with E-state index in [-0.39, 0.29) is 6.61 Å². The Morgan fingerprint density at radius 3 is 3.25 bits per heavy atom. The van der Waals surface area contributed by atoms with Crippen LogP contribution in [0.1, 0.15) is 0 Å². The van der Waals surface area contributed by atoms with Gasteiger partial charge in [-0.2, -0.15) is 0 Å². The van der Waals surface area contributed by atoms with Gasteiger partial charge in [0.2, 0.25) is 0 Å². The van der Waals surface area contributed by atoms with E-state index in [0.717, 1.165) is 5.39 Å². The van der Waals surface area contributed by atoms with Crippen molar-refractivity contribution in [2.75, 3.05) is 6.61 Å². The molecule has 82 valence electrons. The van der Waals surface area contributed by atoms with Gasteiger partial charge in [-0.05, 0) is 24.3 Å². The number of carboxylic acid groups (broad SMARTS) is 1. The van der Waals surface area contributed by atoms with Crippen LogP contribution in [0.3, 0.4) is 0 Å². The molecule has 1 N–H and O–H groups in total. The normalized spacial score (nSPS) is 10.9. The van der Waals surface area contributed by atoms with Crippen LogP contribution in [-0.2, 0) is 4.79 Å². The molecule has 0 atom stereocenters. The Morgan fingerprint density at radius 2 is 2.44 bits per heavy atom. The number of ether oxygens (including phenoxy) is 1. The lowest BCUT2D eigenvalue weighted by molar-refractivity contribution is -0.139. The summed E-state index contributed by atoms with van der Waals surface area (Å²) in [6.45, 7) is -0.337. The van der Waals surface area contributed by atoms with Crippen molar-refractivity contribution >= 4 is 28.5 Å². The van der Waals surface area contributed by atoms with Crippen LogP contribution in [-0.4, -0.2) is 22.7 Å². The summed E-state index contributed by atoms with van der Waals surface area (Å²) in [6.07, 6.45) is 1.61. The monoisotopic (exact) mass is 238 g/mol. The number of aromatic nitrogens is 1. The van der Waals surface area contributed by atoms with E-state index >= 15 is 0 Å². The van der Waals surface area contributed by atoms with Gasteiger partial charge in [0, 0.05) is 11.6 Å². The van der Waals surface area contributed by atoms with Crippen LogP contribution in [0.15, 0.2) is 30.5 Å². The van der Waals surface area contributed by atoms with Gasteiger partial charge in [-0.3, -0.25) is 4.98 Å². The summed E-state index contributed by atoms with van der Waals surface area (Å²) in [5.41, 5.74) is 0.567. The van der Waals surface area contributed by atoms with E-state index in [0.29, 0.717) is 16.3 Å². The third-order valence-corrected chi connectivity index (χ3v) is 2.35. The molecule has 2 aromatic rings. The smallest absolute Gasteiger partial charge is 0.341 e. The Labute approximate surface area is 97.9 Å². The van der Waals surface area contributed by atoms with E-state index in [9.17, 15) is 4.79 Å². The summed E-state index contributed by atoms with van der Waals surface area (Å²) < 4.78 is 11.6. The van der Waals surface area contributed by atoms with Crippen molar-refractivity contribution in [2.45, 2.75) is 0 Å². The Kier molecular flexibility index (Phi) is 2.57. The van der Waals surface area contributed by atoms with Crippen molar-refractivity contribution in [3.8, 4) is 5.75 Å². The molecule has 4 nitrogen and oxygen atoms in total. The van der Waals surface area contributed by atoms with Gasteiger partial charge in [-0.1, -0.05) is 11.6 Å². The quantitative estimate of drug-likeness (QED) is 0.892. The number of nitrogens with zero attached hydrogens (tertiary/aromatic N) is 1. The highest BCUT2D eigenvalue weighted by molar-refractivity contribution is 6.35. The number of carboxylic acids is 1. The molecular formula is C11H8ClNO3. The minimum Gasteiger partial charge on any atom is -0.480 e. The number of fused-ring (bicyclic) bond motifs is 1. The highest BCUT2D eigenvalue weighted by Gasteiger charge is 2.07. The van der Waals surface area contributed by atoms with Gasteiger partial charge in [-0.15, -0.1) is 0 Å². The molecule has 0 radical (unpaired) electrons. The largest absolute Gasteiger partial charge is 0.480 e. The third-order valence-electron chi connectivity index (χ3n) is 2.02. The molecule has 1 heterocycles. The Morgan fingerprint density at radius 1 is 1.56 bits per heavy atom. The number of hydrogen-bond donors (Lipinski definition) is 1. The predicted molar refractivity (Wildman–Crippen MR) is 59.9 cm³/mol. The molecule has 0 fully saturated rings. The molecule has 0 bridgehead atoms. The fourth-order valence-electron chi connectivity index (χ4n) is 1.37. The zero-order valence-corrected chi connectivity index (χ0v) is 8.90. The first-order valence-electron chi connectivity index (χ1n) is 4.95. The average Bonchev–Trinajstić information content (AvgIpc) is 2.38.